The fraction of sp³-hybridized carbons (Fsp3) is 0.375. The lowest BCUT2D eigenvalue weighted by Gasteiger charge is -2.36. The van der Waals surface area contributed by atoms with Crippen LogP contribution in [0.4, 0.5) is 4.39 Å². The molecular weight excluding hydrogens is 421 g/mol. The molecule has 0 bridgehead atoms. The van der Waals surface area contributed by atoms with Crippen molar-refractivity contribution in [2.75, 3.05) is 20.8 Å². The van der Waals surface area contributed by atoms with E-state index in [1.807, 2.05) is 24.3 Å². The summed E-state index contributed by atoms with van der Waals surface area (Å²) in [6.45, 7) is 3.01. The van der Waals surface area contributed by atoms with Crippen molar-refractivity contribution in [1.29, 1.82) is 0 Å². The van der Waals surface area contributed by atoms with Gasteiger partial charge in [-0.2, -0.15) is 0 Å². The predicted molar refractivity (Wildman–Crippen MR) is 120 cm³/mol. The Morgan fingerprint density at radius 3 is 2.39 bits per heavy atom. The van der Waals surface area contributed by atoms with Gasteiger partial charge in [-0.1, -0.05) is 6.07 Å². The maximum absolute atomic E-state index is 15.8. The number of methoxy groups -OCH3 is 2. The van der Waals surface area contributed by atoms with Gasteiger partial charge in [0.2, 0.25) is 0 Å². The van der Waals surface area contributed by atoms with Gasteiger partial charge in [0.15, 0.2) is 11.5 Å². The van der Waals surface area contributed by atoms with Crippen LogP contribution >= 0.6 is 12.4 Å². The maximum Gasteiger partial charge on any atom is 0.308 e. The summed E-state index contributed by atoms with van der Waals surface area (Å²) in [7, 11) is 3.20. The highest BCUT2D eigenvalue weighted by molar-refractivity contribution is 6.12. The van der Waals surface area contributed by atoms with Gasteiger partial charge in [-0.05, 0) is 70.8 Å². The lowest BCUT2D eigenvalue weighted by molar-refractivity contribution is -0.131. The maximum atomic E-state index is 15.8. The van der Waals surface area contributed by atoms with Crippen molar-refractivity contribution in [2.24, 2.45) is 0 Å². The van der Waals surface area contributed by atoms with Gasteiger partial charge >= 0.3 is 5.97 Å². The van der Waals surface area contributed by atoms with Crippen molar-refractivity contribution in [2.45, 2.75) is 38.5 Å². The molecule has 7 heteroatoms. The number of ether oxygens (including phenoxy) is 3. The summed E-state index contributed by atoms with van der Waals surface area (Å²) in [5, 5.41) is 3.58. The van der Waals surface area contributed by atoms with Crippen molar-refractivity contribution in [3.63, 3.8) is 0 Å². The first-order valence-corrected chi connectivity index (χ1v) is 10.2. The molecule has 2 aliphatic heterocycles. The Morgan fingerprint density at radius 1 is 1.03 bits per heavy atom. The van der Waals surface area contributed by atoms with E-state index in [4.69, 9.17) is 14.2 Å². The summed E-state index contributed by atoms with van der Waals surface area (Å²) < 4.78 is 32.2. The molecule has 0 amide bonds. The number of alkyl halides is 1. The zero-order chi connectivity index (χ0) is 21.0. The molecule has 0 aliphatic carbocycles. The Kier molecular flexibility index (Phi) is 5.71. The Bertz CT molecular complexity index is 1180. The highest BCUT2D eigenvalue weighted by Gasteiger charge is 2.40. The van der Waals surface area contributed by atoms with Crippen molar-refractivity contribution >= 4 is 39.9 Å². The first-order valence-electron chi connectivity index (χ1n) is 10.2. The third-order valence-electron chi connectivity index (χ3n) is 6.40. The Labute approximate surface area is 186 Å². The minimum absolute atomic E-state index is 0. The second-order valence-corrected chi connectivity index (χ2v) is 8.03. The second kappa shape index (κ2) is 8.17. The van der Waals surface area contributed by atoms with E-state index in [0.29, 0.717) is 23.8 Å². The number of hydrogen-bond acceptors (Lipinski definition) is 5. The van der Waals surface area contributed by atoms with Gasteiger partial charge in [-0.25, -0.2) is 4.39 Å². The van der Waals surface area contributed by atoms with E-state index < -0.39 is 6.17 Å². The number of nitrogens with zero attached hydrogens (tertiary/aromatic N) is 1. The van der Waals surface area contributed by atoms with E-state index in [1.54, 1.807) is 20.3 Å². The highest BCUT2D eigenvalue weighted by atomic mass is 35.5. The number of esters is 1. The van der Waals surface area contributed by atoms with Crippen LogP contribution in [-0.2, 0) is 11.3 Å². The number of carbonyl (C=O) groups is 1. The molecule has 31 heavy (non-hydrogen) atoms. The number of hydrogen-bond donors (Lipinski definition) is 0. The number of halogens is 2. The van der Waals surface area contributed by atoms with E-state index in [1.165, 1.54) is 6.92 Å². The third kappa shape index (κ3) is 3.38. The van der Waals surface area contributed by atoms with Crippen LogP contribution in [0.2, 0.25) is 0 Å². The highest BCUT2D eigenvalue weighted by Crippen LogP contribution is 2.48. The fourth-order valence-electron chi connectivity index (χ4n) is 5.13. The van der Waals surface area contributed by atoms with Gasteiger partial charge in [0, 0.05) is 25.1 Å². The van der Waals surface area contributed by atoms with Crippen LogP contribution in [0.25, 0.3) is 21.5 Å². The molecule has 0 spiro atoms. The van der Waals surface area contributed by atoms with Crippen molar-refractivity contribution < 1.29 is 23.4 Å². The average molecular weight is 446 g/mol. The molecule has 5 rings (SSSR count). The molecule has 5 nitrogen and oxygen atoms in total. The molecule has 2 aliphatic rings. The van der Waals surface area contributed by atoms with Gasteiger partial charge in [0.05, 0.1) is 14.2 Å². The molecule has 2 atom stereocenters. The predicted octanol–water partition coefficient (Wildman–Crippen LogP) is 5.35. The Balaban J connectivity index is 0.00000231. The summed E-state index contributed by atoms with van der Waals surface area (Å²) in [5.74, 6) is 1.28. The van der Waals surface area contributed by atoms with Crippen LogP contribution in [-0.4, -0.2) is 37.7 Å². The molecule has 164 valence electrons. The first kappa shape index (κ1) is 21.7. The Hall–Kier alpha value is -2.57. The van der Waals surface area contributed by atoms with Crippen LogP contribution in [0.3, 0.4) is 0 Å². The fourth-order valence-corrected chi connectivity index (χ4v) is 5.13. The lowest BCUT2D eigenvalue weighted by Crippen LogP contribution is -2.37. The standard InChI is InChI=1S/C24H24FNO4.ClH/c1-13(27)30-14-6-7-15-16(9-14)17-10-21(28-2)22(29-3)11-18(17)19-12-26-8-4-5-20(26)24(25)23(15)19;/h6-7,9-11,20,24H,4-5,8,12H2,1-3H3;1H/t20-,24?;/m0./s1. The topological polar surface area (TPSA) is 48.0 Å². The zero-order valence-electron chi connectivity index (χ0n) is 17.7. The van der Waals surface area contributed by atoms with Crippen LogP contribution in [0.1, 0.15) is 37.1 Å². The lowest BCUT2D eigenvalue weighted by atomic mass is 9.84. The van der Waals surface area contributed by atoms with Gasteiger partial charge in [-0.3, -0.25) is 9.69 Å². The molecule has 0 aromatic heterocycles. The molecule has 1 saturated heterocycles. The summed E-state index contributed by atoms with van der Waals surface area (Å²) in [4.78, 5) is 13.7. The van der Waals surface area contributed by atoms with Gasteiger partial charge < -0.3 is 14.2 Å². The van der Waals surface area contributed by atoms with Gasteiger partial charge in [-0.15, -0.1) is 12.4 Å². The van der Waals surface area contributed by atoms with E-state index in [2.05, 4.69) is 4.90 Å². The quantitative estimate of drug-likeness (QED) is 0.309. The molecule has 3 aromatic carbocycles. The van der Waals surface area contributed by atoms with Crippen molar-refractivity contribution in [3.05, 3.63) is 41.5 Å². The number of carbonyl (C=O) groups excluding carboxylic acids is 1. The van der Waals surface area contributed by atoms with Crippen LogP contribution < -0.4 is 14.2 Å². The third-order valence-corrected chi connectivity index (χ3v) is 6.40. The molecule has 1 unspecified atom stereocenters. The minimum atomic E-state index is -1.06. The van der Waals surface area contributed by atoms with E-state index in [9.17, 15) is 4.79 Å². The number of rotatable bonds is 3. The zero-order valence-corrected chi connectivity index (χ0v) is 18.6. The normalized spacial score (nSPS) is 20.1. The van der Waals surface area contributed by atoms with Crippen LogP contribution in [0, 0.1) is 0 Å². The van der Waals surface area contributed by atoms with E-state index >= 15 is 4.39 Å². The average Bonchev–Trinajstić information content (AvgIpc) is 3.21. The largest absolute Gasteiger partial charge is 0.493 e. The van der Waals surface area contributed by atoms with E-state index in [-0.39, 0.29) is 24.4 Å². The molecule has 0 radical (unpaired) electrons. The molecule has 2 heterocycles. The summed E-state index contributed by atoms with van der Waals surface area (Å²) in [5.41, 5.74) is 1.76. The first-order chi connectivity index (χ1) is 14.5. The van der Waals surface area contributed by atoms with E-state index in [0.717, 1.165) is 52.1 Å². The van der Waals surface area contributed by atoms with Gasteiger partial charge in [0.1, 0.15) is 11.9 Å². The Morgan fingerprint density at radius 2 is 1.71 bits per heavy atom. The molecule has 1 fully saturated rings. The van der Waals surface area contributed by atoms with Gasteiger partial charge in [0.25, 0.3) is 0 Å². The summed E-state index contributed by atoms with van der Waals surface area (Å²) in [6, 6.07) is 9.22. The SMILES string of the molecule is COc1cc2c3c(c4ccc(OC(C)=O)cc4c2cc1OC)C(F)[C@@H]1CCCN1C3.Cl. The monoisotopic (exact) mass is 445 g/mol. The van der Waals surface area contributed by atoms with Crippen molar-refractivity contribution in [3.8, 4) is 17.2 Å². The van der Waals surface area contributed by atoms with Crippen LogP contribution in [0.15, 0.2) is 30.3 Å². The molecule has 0 N–H and O–H groups in total. The molecular formula is C24H25ClFNO4. The smallest absolute Gasteiger partial charge is 0.308 e. The number of benzene rings is 3. The summed E-state index contributed by atoms with van der Waals surface area (Å²) in [6.07, 6.45) is 0.830. The number of fused-ring (bicyclic) bond motifs is 7. The second-order valence-electron chi connectivity index (χ2n) is 8.03. The van der Waals surface area contributed by atoms with Crippen molar-refractivity contribution in [1.82, 2.24) is 4.90 Å². The minimum Gasteiger partial charge on any atom is -0.493 e. The van der Waals surface area contributed by atoms with Crippen LogP contribution in [0.5, 0.6) is 17.2 Å². The summed E-state index contributed by atoms with van der Waals surface area (Å²) >= 11 is 0. The molecule has 0 saturated carbocycles. The molecule has 3 aromatic rings.